The van der Waals surface area contributed by atoms with Crippen molar-refractivity contribution in [3.05, 3.63) is 17.5 Å². The van der Waals surface area contributed by atoms with Crippen molar-refractivity contribution in [2.24, 2.45) is 11.5 Å². The lowest BCUT2D eigenvalue weighted by atomic mass is 10.3. The number of aryl methyl sites for hydroxylation is 1. The van der Waals surface area contributed by atoms with E-state index in [9.17, 15) is 14.4 Å². The normalized spacial score (nSPS) is 8.71. The van der Waals surface area contributed by atoms with Gasteiger partial charge in [0.25, 0.3) is 0 Å². The molecule has 0 atom stereocenters. The van der Waals surface area contributed by atoms with Crippen molar-refractivity contribution in [2.45, 2.75) is 46.5 Å². The molecule has 1 aromatic rings. The minimum Gasteiger partial charge on any atom is -0.476 e. The lowest BCUT2D eigenvalue weighted by molar-refractivity contribution is -0.118. The Labute approximate surface area is 123 Å². The highest BCUT2D eigenvalue weighted by molar-refractivity contribution is 5.85. The fourth-order valence-electron chi connectivity index (χ4n) is 1.02. The standard InChI is InChI=1S/C5H6N2O2.2C4H9NO/c1-3-2-4(5(8)9)7-6-3;2*1-2-3-4(5)6/h2H,1H3,(H,6,7)(H,8,9);2*2-3H2,1H3,(H2,5,6). The third-order valence-corrected chi connectivity index (χ3v) is 1.92. The Bertz CT molecular complexity index is 427. The van der Waals surface area contributed by atoms with Crippen LogP contribution in [-0.2, 0) is 9.59 Å². The van der Waals surface area contributed by atoms with E-state index in [-0.39, 0.29) is 17.5 Å². The highest BCUT2D eigenvalue weighted by Gasteiger charge is 2.04. The Kier molecular flexibility index (Phi) is 12.6. The van der Waals surface area contributed by atoms with Crippen LogP contribution < -0.4 is 11.5 Å². The van der Waals surface area contributed by atoms with Gasteiger partial charge in [0.15, 0.2) is 5.69 Å². The summed E-state index contributed by atoms with van der Waals surface area (Å²) in [5, 5.41) is 14.3. The molecule has 1 rings (SSSR count). The van der Waals surface area contributed by atoms with Gasteiger partial charge in [-0.3, -0.25) is 14.7 Å². The predicted octanol–water partition coefficient (Wildman–Crippen LogP) is 0.960. The number of hydrogen-bond acceptors (Lipinski definition) is 4. The summed E-state index contributed by atoms with van der Waals surface area (Å²) < 4.78 is 0. The first-order valence-corrected chi connectivity index (χ1v) is 6.56. The van der Waals surface area contributed by atoms with Gasteiger partial charge in [-0.2, -0.15) is 5.10 Å². The van der Waals surface area contributed by atoms with Crippen molar-refractivity contribution in [3.63, 3.8) is 0 Å². The lowest BCUT2D eigenvalue weighted by Crippen LogP contribution is -2.08. The Morgan fingerprint density at radius 1 is 1.14 bits per heavy atom. The second kappa shape index (κ2) is 12.6. The zero-order valence-electron chi connectivity index (χ0n) is 12.7. The molecule has 0 aliphatic rings. The molecule has 6 N–H and O–H groups in total. The zero-order valence-corrected chi connectivity index (χ0v) is 12.7. The van der Waals surface area contributed by atoms with Crippen LogP contribution in [-0.4, -0.2) is 33.1 Å². The van der Waals surface area contributed by atoms with Crippen LogP contribution in [0.5, 0.6) is 0 Å². The second-order valence-corrected chi connectivity index (χ2v) is 4.17. The third-order valence-electron chi connectivity index (χ3n) is 1.92. The number of nitrogens with zero attached hydrogens (tertiary/aromatic N) is 1. The quantitative estimate of drug-likeness (QED) is 0.638. The van der Waals surface area contributed by atoms with E-state index in [2.05, 4.69) is 10.2 Å². The maximum absolute atomic E-state index is 10.1. The lowest BCUT2D eigenvalue weighted by Gasteiger charge is -1.81. The Balaban J connectivity index is 0. The molecule has 0 aliphatic heterocycles. The van der Waals surface area contributed by atoms with Crippen molar-refractivity contribution < 1.29 is 19.5 Å². The maximum Gasteiger partial charge on any atom is 0.356 e. The molecule has 0 aliphatic carbocycles. The number of carboxylic acids is 1. The van der Waals surface area contributed by atoms with E-state index in [0.29, 0.717) is 12.8 Å². The molecule has 0 unspecified atom stereocenters. The van der Waals surface area contributed by atoms with Crippen molar-refractivity contribution in [1.82, 2.24) is 10.2 Å². The number of carbonyl (C=O) groups is 3. The Hall–Kier alpha value is -2.38. The minimum atomic E-state index is -1.00. The molecule has 120 valence electrons. The second-order valence-electron chi connectivity index (χ2n) is 4.17. The van der Waals surface area contributed by atoms with E-state index >= 15 is 0 Å². The van der Waals surface area contributed by atoms with Crippen LogP contribution in [0.4, 0.5) is 0 Å². The number of hydrogen-bond donors (Lipinski definition) is 4. The highest BCUT2D eigenvalue weighted by Crippen LogP contribution is 1.95. The fourth-order valence-corrected chi connectivity index (χ4v) is 1.02. The van der Waals surface area contributed by atoms with Crippen LogP contribution in [0.25, 0.3) is 0 Å². The molecule has 0 spiro atoms. The van der Waals surface area contributed by atoms with Crippen molar-refractivity contribution in [3.8, 4) is 0 Å². The van der Waals surface area contributed by atoms with Crippen LogP contribution >= 0.6 is 0 Å². The summed E-state index contributed by atoms with van der Waals surface area (Å²) in [6, 6.07) is 1.47. The summed E-state index contributed by atoms with van der Waals surface area (Å²) in [5.41, 5.74) is 10.3. The molecule has 0 radical (unpaired) electrons. The SMILES string of the molecule is CCCC(N)=O.CCCC(N)=O.Cc1cc(C(=O)O)n[nH]1. The van der Waals surface area contributed by atoms with E-state index < -0.39 is 5.97 Å². The maximum atomic E-state index is 10.1. The summed E-state index contributed by atoms with van der Waals surface area (Å²) in [6.07, 6.45) is 2.74. The molecule has 1 aromatic heterocycles. The Morgan fingerprint density at radius 2 is 1.57 bits per heavy atom. The van der Waals surface area contributed by atoms with Gasteiger partial charge in [0, 0.05) is 18.5 Å². The number of rotatable bonds is 5. The summed E-state index contributed by atoms with van der Waals surface area (Å²) in [5.74, 6) is -1.42. The topological polar surface area (TPSA) is 152 Å². The molecule has 21 heavy (non-hydrogen) atoms. The van der Waals surface area contributed by atoms with Crippen molar-refractivity contribution in [2.75, 3.05) is 0 Å². The van der Waals surface area contributed by atoms with Gasteiger partial charge in [-0.15, -0.1) is 0 Å². The molecule has 1 heterocycles. The minimum absolute atomic E-state index is 0.0625. The molecule has 0 saturated heterocycles. The number of carboxylic acid groups (broad SMARTS) is 1. The number of aromatic carboxylic acids is 1. The van der Waals surface area contributed by atoms with Gasteiger partial charge >= 0.3 is 5.97 Å². The zero-order chi connectivity index (χ0) is 16.8. The van der Waals surface area contributed by atoms with Crippen LogP contribution in [0, 0.1) is 6.92 Å². The predicted molar refractivity (Wildman–Crippen MR) is 78.5 cm³/mol. The van der Waals surface area contributed by atoms with Gasteiger partial charge in [-0.1, -0.05) is 13.8 Å². The molecular formula is C13H24N4O4. The molecule has 0 saturated carbocycles. The number of H-pyrrole nitrogens is 1. The van der Waals surface area contributed by atoms with Crippen molar-refractivity contribution in [1.29, 1.82) is 0 Å². The van der Waals surface area contributed by atoms with E-state index in [1.54, 1.807) is 6.92 Å². The monoisotopic (exact) mass is 300 g/mol. The summed E-state index contributed by atoms with van der Waals surface area (Å²) in [4.78, 5) is 29.8. The number of aromatic amines is 1. The van der Waals surface area contributed by atoms with Crippen LogP contribution in [0.2, 0.25) is 0 Å². The molecule has 0 bridgehead atoms. The van der Waals surface area contributed by atoms with Gasteiger partial charge in [-0.05, 0) is 25.8 Å². The first-order valence-electron chi connectivity index (χ1n) is 6.56. The van der Waals surface area contributed by atoms with E-state index in [1.165, 1.54) is 6.07 Å². The van der Waals surface area contributed by atoms with Gasteiger partial charge in [-0.25, -0.2) is 4.79 Å². The summed E-state index contributed by atoms with van der Waals surface area (Å²) in [7, 11) is 0. The number of nitrogens with one attached hydrogen (secondary N) is 1. The first kappa shape index (κ1) is 20.9. The third kappa shape index (κ3) is 15.6. The number of amides is 2. The summed E-state index contributed by atoms with van der Waals surface area (Å²) in [6.45, 7) is 5.59. The molecule has 0 aromatic carbocycles. The van der Waals surface area contributed by atoms with Crippen molar-refractivity contribution >= 4 is 17.8 Å². The molecule has 8 nitrogen and oxygen atoms in total. The molecule has 0 fully saturated rings. The molecular weight excluding hydrogens is 276 g/mol. The molecule has 2 amide bonds. The highest BCUT2D eigenvalue weighted by atomic mass is 16.4. The smallest absolute Gasteiger partial charge is 0.356 e. The van der Waals surface area contributed by atoms with Gasteiger partial charge in [0.05, 0.1) is 0 Å². The van der Waals surface area contributed by atoms with E-state index in [4.69, 9.17) is 16.6 Å². The average Bonchev–Trinajstić information content (AvgIpc) is 2.77. The van der Waals surface area contributed by atoms with E-state index in [0.717, 1.165) is 18.5 Å². The number of primary amides is 2. The van der Waals surface area contributed by atoms with Crippen LogP contribution in [0.1, 0.15) is 55.7 Å². The first-order chi connectivity index (χ1) is 9.74. The Morgan fingerprint density at radius 3 is 1.67 bits per heavy atom. The molecule has 8 heteroatoms. The average molecular weight is 300 g/mol. The largest absolute Gasteiger partial charge is 0.476 e. The summed E-state index contributed by atoms with van der Waals surface area (Å²) >= 11 is 0. The van der Waals surface area contributed by atoms with Crippen LogP contribution in [0.3, 0.4) is 0 Å². The number of carbonyl (C=O) groups excluding carboxylic acids is 2. The van der Waals surface area contributed by atoms with Gasteiger partial charge < -0.3 is 16.6 Å². The van der Waals surface area contributed by atoms with Gasteiger partial charge in [0.2, 0.25) is 11.8 Å². The fraction of sp³-hybridized carbons (Fsp3) is 0.538. The van der Waals surface area contributed by atoms with Crippen LogP contribution in [0.15, 0.2) is 6.07 Å². The van der Waals surface area contributed by atoms with E-state index in [1.807, 2.05) is 13.8 Å². The number of nitrogens with two attached hydrogens (primary N) is 2. The number of aromatic nitrogens is 2. The van der Waals surface area contributed by atoms with Gasteiger partial charge in [0.1, 0.15) is 0 Å².